The summed E-state index contributed by atoms with van der Waals surface area (Å²) in [5.74, 6) is -0.0603. The Bertz CT molecular complexity index is 430. The average molecular weight is 260 g/mol. The molecule has 6 heteroatoms. The number of hydrogen-bond donors (Lipinski definition) is 1. The molecule has 86 valence electrons. The SMILES string of the molecule is CN(C)C=N/N=C/c1cc(Cl)cc(Cl)c1O. The second-order valence-corrected chi connectivity index (χ2v) is 4.11. The lowest BCUT2D eigenvalue weighted by atomic mass is 10.2. The van der Waals surface area contributed by atoms with Crippen molar-refractivity contribution < 1.29 is 5.11 Å². The van der Waals surface area contributed by atoms with E-state index in [0.29, 0.717) is 10.6 Å². The molecule has 0 atom stereocenters. The minimum absolute atomic E-state index is 0.0603. The zero-order valence-corrected chi connectivity index (χ0v) is 10.4. The molecule has 0 fully saturated rings. The molecule has 0 aliphatic rings. The van der Waals surface area contributed by atoms with Crippen molar-refractivity contribution >= 4 is 35.8 Å². The van der Waals surface area contributed by atoms with Crippen molar-refractivity contribution in [3.63, 3.8) is 0 Å². The van der Waals surface area contributed by atoms with Gasteiger partial charge in [0.1, 0.15) is 12.1 Å². The topological polar surface area (TPSA) is 48.2 Å². The number of halogens is 2. The largest absolute Gasteiger partial charge is 0.506 e. The average Bonchev–Trinajstić information content (AvgIpc) is 2.19. The maximum absolute atomic E-state index is 9.59. The number of aromatic hydroxyl groups is 1. The van der Waals surface area contributed by atoms with Gasteiger partial charge in [-0.05, 0) is 12.1 Å². The van der Waals surface area contributed by atoms with Gasteiger partial charge in [0, 0.05) is 24.7 Å². The lowest BCUT2D eigenvalue weighted by molar-refractivity contribution is 0.474. The van der Waals surface area contributed by atoms with Crippen LogP contribution in [0.3, 0.4) is 0 Å². The van der Waals surface area contributed by atoms with Crippen LogP contribution in [0.25, 0.3) is 0 Å². The molecule has 0 aromatic heterocycles. The Balaban J connectivity index is 2.89. The fraction of sp³-hybridized carbons (Fsp3) is 0.200. The minimum Gasteiger partial charge on any atom is -0.506 e. The number of rotatable bonds is 3. The first-order valence-corrected chi connectivity index (χ1v) is 5.17. The molecule has 1 aromatic rings. The summed E-state index contributed by atoms with van der Waals surface area (Å²) in [6.45, 7) is 0. The predicted molar refractivity (Wildman–Crippen MR) is 67.9 cm³/mol. The number of hydrogen-bond acceptors (Lipinski definition) is 3. The summed E-state index contributed by atoms with van der Waals surface area (Å²) in [4.78, 5) is 1.74. The van der Waals surface area contributed by atoms with Gasteiger partial charge in [-0.1, -0.05) is 23.2 Å². The monoisotopic (exact) mass is 259 g/mol. The van der Waals surface area contributed by atoms with E-state index >= 15 is 0 Å². The van der Waals surface area contributed by atoms with Crippen molar-refractivity contribution in [2.24, 2.45) is 10.2 Å². The molecule has 1 N–H and O–H groups in total. The Labute approximate surface area is 104 Å². The maximum atomic E-state index is 9.59. The van der Waals surface area contributed by atoms with Crippen molar-refractivity contribution in [3.05, 3.63) is 27.7 Å². The summed E-state index contributed by atoms with van der Waals surface area (Å²) >= 11 is 11.5. The van der Waals surface area contributed by atoms with E-state index < -0.39 is 0 Å². The van der Waals surface area contributed by atoms with Crippen LogP contribution in [0, 0.1) is 0 Å². The lowest BCUT2D eigenvalue weighted by Gasteiger charge is -2.01. The van der Waals surface area contributed by atoms with E-state index in [4.69, 9.17) is 23.2 Å². The Morgan fingerprint density at radius 1 is 1.25 bits per heavy atom. The molecule has 0 spiro atoms. The van der Waals surface area contributed by atoms with Crippen molar-refractivity contribution in [1.82, 2.24) is 4.90 Å². The minimum atomic E-state index is -0.0603. The summed E-state index contributed by atoms with van der Waals surface area (Å²) in [6, 6.07) is 3.01. The fourth-order valence-electron chi connectivity index (χ4n) is 0.913. The van der Waals surface area contributed by atoms with Gasteiger partial charge in [0.15, 0.2) is 0 Å². The number of benzene rings is 1. The van der Waals surface area contributed by atoms with E-state index in [9.17, 15) is 5.11 Å². The Hall–Kier alpha value is -1.26. The van der Waals surface area contributed by atoms with E-state index in [1.54, 1.807) is 11.0 Å². The third-order valence-corrected chi connectivity index (χ3v) is 2.11. The predicted octanol–water partition coefficient (Wildman–Crippen LogP) is 2.62. The molecule has 16 heavy (non-hydrogen) atoms. The fourth-order valence-corrected chi connectivity index (χ4v) is 1.42. The molecule has 0 unspecified atom stereocenters. The zero-order chi connectivity index (χ0) is 12.1. The first-order valence-electron chi connectivity index (χ1n) is 4.41. The van der Waals surface area contributed by atoms with Gasteiger partial charge < -0.3 is 10.0 Å². The van der Waals surface area contributed by atoms with Crippen LogP contribution in [-0.2, 0) is 0 Å². The van der Waals surface area contributed by atoms with Gasteiger partial charge >= 0.3 is 0 Å². The van der Waals surface area contributed by atoms with Crippen LogP contribution in [0.5, 0.6) is 5.75 Å². The molecule has 1 rings (SSSR count). The Kier molecular flexibility index (Phi) is 4.58. The van der Waals surface area contributed by atoms with Gasteiger partial charge in [-0.25, -0.2) is 0 Å². The van der Waals surface area contributed by atoms with Crippen LogP contribution < -0.4 is 0 Å². The lowest BCUT2D eigenvalue weighted by Crippen LogP contribution is -2.06. The summed E-state index contributed by atoms with van der Waals surface area (Å²) in [5.41, 5.74) is 0.424. The summed E-state index contributed by atoms with van der Waals surface area (Å²) in [6.07, 6.45) is 2.91. The van der Waals surface area contributed by atoms with Crippen LogP contribution >= 0.6 is 23.2 Å². The first kappa shape index (κ1) is 12.8. The molecule has 0 heterocycles. The number of phenols is 1. The molecule has 0 aliphatic carbocycles. The molecule has 0 saturated heterocycles. The normalized spacial score (nSPS) is 11.5. The van der Waals surface area contributed by atoms with E-state index in [-0.39, 0.29) is 10.8 Å². The highest BCUT2D eigenvalue weighted by Crippen LogP contribution is 2.29. The molecule has 0 radical (unpaired) electrons. The maximum Gasteiger partial charge on any atom is 0.143 e. The Morgan fingerprint density at radius 3 is 2.56 bits per heavy atom. The zero-order valence-electron chi connectivity index (χ0n) is 8.85. The molecule has 0 bridgehead atoms. The van der Waals surface area contributed by atoms with E-state index in [1.165, 1.54) is 18.6 Å². The summed E-state index contributed by atoms with van der Waals surface area (Å²) in [5, 5.41) is 17.7. The van der Waals surface area contributed by atoms with Crippen LogP contribution in [0.2, 0.25) is 10.0 Å². The van der Waals surface area contributed by atoms with Crippen LogP contribution in [0.15, 0.2) is 22.3 Å². The third kappa shape index (κ3) is 3.72. The van der Waals surface area contributed by atoms with Crippen LogP contribution in [0.4, 0.5) is 0 Å². The van der Waals surface area contributed by atoms with Gasteiger partial charge in [-0.15, -0.1) is 5.10 Å². The van der Waals surface area contributed by atoms with Gasteiger partial charge in [0.05, 0.1) is 11.2 Å². The van der Waals surface area contributed by atoms with Crippen molar-refractivity contribution in [3.8, 4) is 5.75 Å². The quantitative estimate of drug-likeness (QED) is 0.516. The number of nitrogens with zero attached hydrogens (tertiary/aromatic N) is 3. The van der Waals surface area contributed by atoms with Crippen molar-refractivity contribution in [2.75, 3.05) is 14.1 Å². The first-order chi connectivity index (χ1) is 7.50. The van der Waals surface area contributed by atoms with E-state index in [0.717, 1.165) is 0 Å². The smallest absolute Gasteiger partial charge is 0.143 e. The molecule has 0 saturated carbocycles. The molecule has 4 nitrogen and oxygen atoms in total. The Morgan fingerprint density at radius 2 is 1.94 bits per heavy atom. The standard InChI is InChI=1S/C10H11Cl2N3O/c1-15(2)6-14-13-5-7-3-8(11)4-9(12)10(7)16/h3-6,16H,1-2H3/b13-5+,14-6?. The van der Waals surface area contributed by atoms with Crippen molar-refractivity contribution in [2.45, 2.75) is 0 Å². The molecule has 1 aromatic carbocycles. The second kappa shape index (κ2) is 5.72. The van der Waals surface area contributed by atoms with Gasteiger partial charge in [0.25, 0.3) is 0 Å². The highest BCUT2D eigenvalue weighted by atomic mass is 35.5. The van der Waals surface area contributed by atoms with Gasteiger partial charge in [-0.3, -0.25) is 0 Å². The molecular weight excluding hydrogens is 249 g/mol. The van der Waals surface area contributed by atoms with Gasteiger partial charge in [-0.2, -0.15) is 5.10 Å². The molecule has 0 amide bonds. The number of phenolic OH excluding ortho intramolecular Hbond substituents is 1. The highest BCUT2D eigenvalue weighted by Gasteiger charge is 2.05. The highest BCUT2D eigenvalue weighted by molar-refractivity contribution is 6.36. The summed E-state index contributed by atoms with van der Waals surface area (Å²) < 4.78 is 0. The molecule has 0 aliphatic heterocycles. The van der Waals surface area contributed by atoms with Crippen LogP contribution in [0.1, 0.15) is 5.56 Å². The molecular formula is C10H11Cl2N3O. The second-order valence-electron chi connectivity index (χ2n) is 3.26. The van der Waals surface area contributed by atoms with Crippen molar-refractivity contribution in [1.29, 1.82) is 0 Å². The van der Waals surface area contributed by atoms with Crippen LogP contribution in [-0.4, -0.2) is 36.7 Å². The van der Waals surface area contributed by atoms with E-state index in [2.05, 4.69) is 10.2 Å². The van der Waals surface area contributed by atoms with E-state index in [1.807, 2.05) is 14.1 Å². The summed E-state index contributed by atoms with van der Waals surface area (Å²) in [7, 11) is 3.65. The van der Waals surface area contributed by atoms with Gasteiger partial charge in [0.2, 0.25) is 0 Å². The third-order valence-electron chi connectivity index (χ3n) is 1.60.